The molecule has 1 amide bonds. The summed E-state index contributed by atoms with van der Waals surface area (Å²) in [5.74, 6) is 1.24. The molecule has 0 bridgehead atoms. The van der Waals surface area contributed by atoms with Gasteiger partial charge in [0.05, 0.1) is 25.5 Å². The van der Waals surface area contributed by atoms with Gasteiger partial charge in [-0.05, 0) is 30.3 Å². The van der Waals surface area contributed by atoms with Gasteiger partial charge in [-0.3, -0.25) is 4.79 Å². The van der Waals surface area contributed by atoms with Crippen LogP contribution in [0.4, 0.5) is 0 Å². The van der Waals surface area contributed by atoms with Gasteiger partial charge in [-0.1, -0.05) is 30.3 Å². The van der Waals surface area contributed by atoms with E-state index in [9.17, 15) is 4.79 Å². The monoisotopic (exact) mass is 388 g/mol. The number of benzene rings is 2. The second-order valence-electron chi connectivity index (χ2n) is 6.27. The zero-order chi connectivity index (χ0) is 20.1. The van der Waals surface area contributed by atoms with Crippen molar-refractivity contribution in [2.24, 2.45) is 0 Å². The first-order valence-electron chi connectivity index (χ1n) is 9.19. The highest BCUT2D eigenvalue weighted by Gasteiger charge is 2.15. The van der Waals surface area contributed by atoms with Crippen LogP contribution >= 0.6 is 0 Å². The van der Waals surface area contributed by atoms with Crippen molar-refractivity contribution in [2.75, 3.05) is 20.3 Å². The molecule has 0 aliphatic rings. The summed E-state index contributed by atoms with van der Waals surface area (Å²) >= 11 is 0. The first-order chi connectivity index (χ1) is 14.3. The van der Waals surface area contributed by atoms with Crippen LogP contribution in [-0.4, -0.2) is 40.8 Å². The highest BCUT2D eigenvalue weighted by atomic mass is 16.5. The van der Waals surface area contributed by atoms with E-state index in [-0.39, 0.29) is 5.91 Å². The number of hydrogen-bond acceptors (Lipinski definition) is 5. The minimum absolute atomic E-state index is 0.240. The maximum atomic E-state index is 12.6. The largest absolute Gasteiger partial charge is 0.497 e. The minimum Gasteiger partial charge on any atom is -0.497 e. The number of nitrogens with zero attached hydrogens (tertiary/aromatic N) is 3. The van der Waals surface area contributed by atoms with E-state index in [0.717, 1.165) is 17.0 Å². The lowest BCUT2D eigenvalue weighted by molar-refractivity contribution is 0.0948. The van der Waals surface area contributed by atoms with E-state index in [2.05, 4.69) is 15.4 Å². The molecular weight excluding hydrogens is 368 g/mol. The molecule has 0 fully saturated rings. The molecule has 1 N–H and O–H groups in total. The third-order valence-electron chi connectivity index (χ3n) is 4.43. The third kappa shape index (κ3) is 4.03. The van der Waals surface area contributed by atoms with Crippen LogP contribution in [0.1, 0.15) is 10.4 Å². The van der Waals surface area contributed by atoms with Crippen LogP contribution in [0.25, 0.3) is 16.9 Å². The third-order valence-corrected chi connectivity index (χ3v) is 4.43. The highest BCUT2D eigenvalue weighted by molar-refractivity contribution is 5.99. The molecule has 0 saturated carbocycles. The summed E-state index contributed by atoms with van der Waals surface area (Å²) in [6.07, 6.45) is 3.22. The Morgan fingerprint density at radius 1 is 1.03 bits per heavy atom. The van der Waals surface area contributed by atoms with Crippen molar-refractivity contribution in [3.8, 4) is 22.8 Å². The highest BCUT2D eigenvalue weighted by Crippen LogP contribution is 2.20. The SMILES string of the molecule is COc1ccc(OCCNC(=O)c2cnn3c(-c4ccccc4)ccnc23)cc1. The molecule has 7 heteroatoms. The van der Waals surface area contributed by atoms with Gasteiger partial charge in [-0.15, -0.1) is 0 Å². The number of carbonyl (C=O) groups is 1. The Morgan fingerprint density at radius 3 is 2.55 bits per heavy atom. The summed E-state index contributed by atoms with van der Waals surface area (Å²) in [5.41, 5.74) is 2.81. The topological polar surface area (TPSA) is 77.8 Å². The Hall–Kier alpha value is -3.87. The van der Waals surface area contributed by atoms with Crippen molar-refractivity contribution in [1.82, 2.24) is 19.9 Å². The van der Waals surface area contributed by atoms with E-state index in [1.54, 1.807) is 17.8 Å². The quantitative estimate of drug-likeness (QED) is 0.492. The fourth-order valence-electron chi connectivity index (χ4n) is 2.98. The molecule has 7 nitrogen and oxygen atoms in total. The Morgan fingerprint density at radius 2 is 1.79 bits per heavy atom. The summed E-state index contributed by atoms with van der Waals surface area (Å²) in [4.78, 5) is 16.9. The molecule has 0 radical (unpaired) electrons. The number of aromatic nitrogens is 3. The van der Waals surface area contributed by atoms with Gasteiger partial charge in [0.2, 0.25) is 0 Å². The minimum atomic E-state index is -0.240. The smallest absolute Gasteiger partial charge is 0.256 e. The van der Waals surface area contributed by atoms with Crippen molar-refractivity contribution in [2.45, 2.75) is 0 Å². The lowest BCUT2D eigenvalue weighted by Gasteiger charge is -2.08. The first kappa shape index (κ1) is 18.5. The van der Waals surface area contributed by atoms with E-state index in [1.807, 2.05) is 60.7 Å². The Labute approximate surface area is 167 Å². The maximum absolute atomic E-state index is 12.6. The van der Waals surface area contributed by atoms with Gasteiger partial charge in [-0.2, -0.15) is 5.10 Å². The normalized spacial score (nSPS) is 10.7. The van der Waals surface area contributed by atoms with Crippen molar-refractivity contribution in [3.05, 3.63) is 78.6 Å². The predicted octanol–water partition coefficient (Wildman–Crippen LogP) is 3.21. The number of nitrogens with one attached hydrogen (secondary N) is 1. The standard InChI is InChI=1S/C22H20N4O3/c1-28-17-7-9-18(10-8-17)29-14-13-24-22(27)19-15-25-26-20(11-12-23-21(19)26)16-5-3-2-4-6-16/h2-12,15H,13-14H2,1H3,(H,24,27). The van der Waals surface area contributed by atoms with Crippen LogP contribution < -0.4 is 14.8 Å². The molecule has 0 aliphatic carbocycles. The molecule has 4 rings (SSSR count). The number of fused-ring (bicyclic) bond motifs is 1. The fraction of sp³-hybridized carbons (Fsp3) is 0.136. The fourth-order valence-corrected chi connectivity index (χ4v) is 2.98. The molecule has 0 aliphatic heterocycles. The second-order valence-corrected chi connectivity index (χ2v) is 6.27. The molecule has 0 spiro atoms. The van der Waals surface area contributed by atoms with Gasteiger partial charge in [0.25, 0.3) is 5.91 Å². The summed E-state index contributed by atoms with van der Waals surface area (Å²) in [6.45, 7) is 0.709. The van der Waals surface area contributed by atoms with Crippen molar-refractivity contribution in [3.63, 3.8) is 0 Å². The Kier molecular flexibility index (Phi) is 5.38. The van der Waals surface area contributed by atoms with Gasteiger partial charge >= 0.3 is 0 Å². The second kappa shape index (κ2) is 8.43. The van der Waals surface area contributed by atoms with E-state index < -0.39 is 0 Å². The van der Waals surface area contributed by atoms with Gasteiger partial charge < -0.3 is 14.8 Å². The Bertz CT molecular complexity index is 1110. The molecule has 2 heterocycles. The number of amides is 1. The molecule has 146 valence electrons. The predicted molar refractivity (Wildman–Crippen MR) is 109 cm³/mol. The van der Waals surface area contributed by atoms with Crippen LogP contribution in [0.2, 0.25) is 0 Å². The van der Waals surface area contributed by atoms with Crippen LogP contribution in [-0.2, 0) is 0 Å². The average molecular weight is 388 g/mol. The van der Waals surface area contributed by atoms with Crippen molar-refractivity contribution < 1.29 is 14.3 Å². The summed E-state index contributed by atoms with van der Waals surface area (Å²) in [5, 5.41) is 7.21. The van der Waals surface area contributed by atoms with Gasteiger partial charge in [0.15, 0.2) is 5.65 Å². The average Bonchev–Trinajstić information content (AvgIpc) is 3.22. The molecule has 29 heavy (non-hydrogen) atoms. The molecule has 0 saturated heterocycles. The maximum Gasteiger partial charge on any atom is 0.256 e. The Balaban J connectivity index is 1.41. The number of ether oxygens (including phenoxy) is 2. The summed E-state index contributed by atoms with van der Waals surface area (Å²) < 4.78 is 12.4. The van der Waals surface area contributed by atoms with Crippen LogP contribution in [0.15, 0.2) is 73.1 Å². The van der Waals surface area contributed by atoms with E-state index in [0.29, 0.717) is 30.1 Å². The number of rotatable bonds is 7. The molecule has 2 aromatic heterocycles. The molecular formula is C22H20N4O3. The number of carbonyl (C=O) groups excluding carboxylic acids is 1. The van der Waals surface area contributed by atoms with Crippen LogP contribution in [0.3, 0.4) is 0 Å². The van der Waals surface area contributed by atoms with Gasteiger partial charge in [0.1, 0.15) is 23.7 Å². The zero-order valence-corrected chi connectivity index (χ0v) is 15.9. The van der Waals surface area contributed by atoms with E-state index in [1.165, 1.54) is 6.20 Å². The van der Waals surface area contributed by atoms with Crippen LogP contribution in [0, 0.1) is 0 Å². The van der Waals surface area contributed by atoms with E-state index in [4.69, 9.17) is 9.47 Å². The lowest BCUT2D eigenvalue weighted by atomic mass is 10.1. The lowest BCUT2D eigenvalue weighted by Crippen LogP contribution is -2.28. The molecule has 0 atom stereocenters. The van der Waals surface area contributed by atoms with Gasteiger partial charge in [-0.25, -0.2) is 9.50 Å². The van der Waals surface area contributed by atoms with Gasteiger partial charge in [0, 0.05) is 11.8 Å². The molecule has 4 aromatic rings. The van der Waals surface area contributed by atoms with E-state index >= 15 is 0 Å². The number of hydrogen-bond donors (Lipinski definition) is 1. The van der Waals surface area contributed by atoms with Crippen molar-refractivity contribution in [1.29, 1.82) is 0 Å². The molecule has 2 aromatic carbocycles. The number of methoxy groups -OCH3 is 1. The van der Waals surface area contributed by atoms with Crippen LogP contribution in [0.5, 0.6) is 11.5 Å². The molecule has 0 unspecified atom stereocenters. The van der Waals surface area contributed by atoms with Crippen molar-refractivity contribution >= 4 is 11.6 Å². The summed E-state index contributed by atoms with van der Waals surface area (Å²) in [7, 11) is 1.61. The zero-order valence-electron chi connectivity index (χ0n) is 15.9. The summed E-state index contributed by atoms with van der Waals surface area (Å²) in [6, 6.07) is 19.0. The first-order valence-corrected chi connectivity index (χ1v) is 9.19.